The summed E-state index contributed by atoms with van der Waals surface area (Å²) >= 11 is 0. The van der Waals surface area contributed by atoms with E-state index in [0.29, 0.717) is 19.5 Å². The van der Waals surface area contributed by atoms with Gasteiger partial charge >= 0.3 is 0 Å². The highest BCUT2D eigenvalue weighted by molar-refractivity contribution is 6.01. The molecule has 1 amide bonds. The summed E-state index contributed by atoms with van der Waals surface area (Å²) in [6.07, 6.45) is 4.76. The van der Waals surface area contributed by atoms with E-state index in [9.17, 15) is 4.79 Å². The van der Waals surface area contributed by atoms with E-state index in [0.717, 1.165) is 54.0 Å². The van der Waals surface area contributed by atoms with E-state index in [4.69, 9.17) is 14.3 Å². The summed E-state index contributed by atoms with van der Waals surface area (Å²) in [6.45, 7) is 1.07. The molecule has 1 aliphatic heterocycles. The molecule has 0 bridgehead atoms. The lowest BCUT2D eigenvalue weighted by atomic mass is 10.0. The van der Waals surface area contributed by atoms with Crippen molar-refractivity contribution in [1.82, 2.24) is 4.90 Å². The molecule has 4 rings (SSSR count). The summed E-state index contributed by atoms with van der Waals surface area (Å²) in [7, 11) is 3.31. The van der Waals surface area contributed by atoms with Crippen LogP contribution in [0.4, 0.5) is 0 Å². The third kappa shape index (κ3) is 5.19. The van der Waals surface area contributed by atoms with E-state index >= 15 is 0 Å². The van der Waals surface area contributed by atoms with Gasteiger partial charge in [-0.1, -0.05) is 30.1 Å². The molecule has 0 N–H and O–H groups in total. The van der Waals surface area contributed by atoms with Crippen LogP contribution in [0.25, 0.3) is 0 Å². The lowest BCUT2D eigenvalue weighted by Gasteiger charge is -2.27. The average Bonchev–Trinajstić information content (AvgIpc) is 3.51. The Labute approximate surface area is 183 Å². The van der Waals surface area contributed by atoms with Crippen LogP contribution >= 0.6 is 0 Å². The van der Waals surface area contributed by atoms with Gasteiger partial charge in [-0.3, -0.25) is 4.79 Å². The number of benzene rings is 2. The third-order valence-electron chi connectivity index (χ3n) is 6.10. The van der Waals surface area contributed by atoms with Crippen molar-refractivity contribution in [3.05, 3.63) is 59.7 Å². The van der Waals surface area contributed by atoms with Gasteiger partial charge in [0.05, 0.1) is 26.5 Å². The van der Waals surface area contributed by atoms with Crippen LogP contribution in [0.3, 0.4) is 0 Å². The number of methoxy groups -OCH3 is 2. The van der Waals surface area contributed by atoms with Crippen molar-refractivity contribution < 1.29 is 19.1 Å². The zero-order chi connectivity index (χ0) is 21.6. The Hall–Kier alpha value is -3.02. The van der Waals surface area contributed by atoms with E-state index in [2.05, 4.69) is 5.16 Å². The minimum Gasteiger partial charge on any atom is -0.497 e. The molecule has 6 heteroatoms. The van der Waals surface area contributed by atoms with Gasteiger partial charge in [0.25, 0.3) is 0 Å². The van der Waals surface area contributed by atoms with Crippen molar-refractivity contribution in [2.24, 2.45) is 11.1 Å². The topological polar surface area (TPSA) is 60.4 Å². The number of carbonyl (C=O) groups is 1. The number of nitrogens with zero attached hydrogens (tertiary/aromatic N) is 2. The Morgan fingerprint density at radius 3 is 2.52 bits per heavy atom. The Bertz CT molecular complexity index is 919. The molecule has 2 aliphatic rings. The van der Waals surface area contributed by atoms with Crippen molar-refractivity contribution in [3.8, 4) is 11.5 Å². The molecule has 0 unspecified atom stereocenters. The Morgan fingerprint density at radius 2 is 1.81 bits per heavy atom. The predicted octanol–water partition coefficient (Wildman–Crippen LogP) is 4.42. The number of carbonyl (C=O) groups excluding carboxylic acids is 1. The molecule has 2 aromatic rings. The number of hydrogen-bond acceptors (Lipinski definition) is 5. The zero-order valence-electron chi connectivity index (χ0n) is 18.3. The number of rotatable bonds is 8. The fourth-order valence-corrected chi connectivity index (χ4v) is 4.38. The lowest BCUT2D eigenvalue weighted by Crippen LogP contribution is -2.40. The second-order valence-corrected chi connectivity index (χ2v) is 8.25. The summed E-state index contributed by atoms with van der Waals surface area (Å²) < 4.78 is 10.6. The molecule has 1 saturated carbocycles. The fraction of sp³-hybridized carbons (Fsp3) is 0.440. The molecule has 1 atom stereocenters. The molecular formula is C25H30N2O4. The average molecular weight is 423 g/mol. The van der Waals surface area contributed by atoms with Gasteiger partial charge in [-0.25, -0.2) is 0 Å². The molecule has 31 heavy (non-hydrogen) atoms. The summed E-state index contributed by atoms with van der Waals surface area (Å²) in [5.41, 5.74) is 2.98. The first kappa shape index (κ1) is 21.2. The smallest absolute Gasteiger partial charge is 0.226 e. The third-order valence-corrected chi connectivity index (χ3v) is 6.10. The molecule has 1 fully saturated rings. The van der Waals surface area contributed by atoms with Gasteiger partial charge in [0.2, 0.25) is 5.91 Å². The maximum Gasteiger partial charge on any atom is 0.226 e. The van der Waals surface area contributed by atoms with Crippen LogP contribution in [0.1, 0.15) is 43.2 Å². The van der Waals surface area contributed by atoms with Crippen LogP contribution in [0.2, 0.25) is 0 Å². The van der Waals surface area contributed by atoms with Crippen molar-refractivity contribution in [2.75, 3.05) is 20.8 Å². The number of hydrogen-bond donors (Lipinski definition) is 0. The summed E-state index contributed by atoms with van der Waals surface area (Å²) in [6, 6.07) is 15.7. The lowest BCUT2D eigenvalue weighted by molar-refractivity contribution is -0.137. The summed E-state index contributed by atoms with van der Waals surface area (Å²) in [4.78, 5) is 21.0. The first-order valence-electron chi connectivity index (χ1n) is 10.9. The highest BCUT2D eigenvalue weighted by Crippen LogP contribution is 2.28. The van der Waals surface area contributed by atoms with Crippen LogP contribution in [0.5, 0.6) is 11.5 Å². The van der Waals surface area contributed by atoms with E-state index in [-0.39, 0.29) is 17.9 Å². The maximum atomic E-state index is 13.3. The van der Waals surface area contributed by atoms with Gasteiger partial charge in [-0.05, 0) is 60.4 Å². The molecule has 0 saturated heterocycles. The predicted molar refractivity (Wildman–Crippen MR) is 119 cm³/mol. The molecule has 0 radical (unpaired) electrons. The summed E-state index contributed by atoms with van der Waals surface area (Å²) in [5, 5.41) is 4.31. The standard InChI is InChI=1S/C25H30N2O4/c1-29-21-12-10-19(11-13-21)24-15-23(31-26-24)17-27(25(28)20-7-3-4-8-20)16-18-6-5-9-22(14-18)30-2/h5-6,9-14,20,23H,3-4,7-8,15-17H2,1-2H3/t23-/m1/s1. The molecule has 0 spiro atoms. The quantitative estimate of drug-likeness (QED) is 0.632. The van der Waals surface area contributed by atoms with Crippen LogP contribution < -0.4 is 9.47 Å². The number of ether oxygens (including phenoxy) is 2. The van der Waals surface area contributed by atoms with Gasteiger partial charge in [-0.15, -0.1) is 0 Å². The van der Waals surface area contributed by atoms with Crippen molar-refractivity contribution >= 4 is 11.6 Å². The van der Waals surface area contributed by atoms with E-state index < -0.39 is 0 Å². The van der Waals surface area contributed by atoms with Gasteiger partial charge in [0.1, 0.15) is 11.5 Å². The zero-order valence-corrected chi connectivity index (χ0v) is 18.3. The van der Waals surface area contributed by atoms with Gasteiger partial charge in [-0.2, -0.15) is 0 Å². The SMILES string of the molecule is COc1ccc(C2=NO[C@@H](CN(Cc3cccc(OC)c3)C(=O)C3CCCC3)C2)cc1. The molecule has 2 aromatic carbocycles. The van der Waals surface area contributed by atoms with Gasteiger partial charge in [0, 0.05) is 18.9 Å². The first-order valence-corrected chi connectivity index (χ1v) is 10.9. The highest BCUT2D eigenvalue weighted by Gasteiger charge is 2.31. The van der Waals surface area contributed by atoms with Gasteiger partial charge in [0.15, 0.2) is 6.10 Å². The van der Waals surface area contributed by atoms with E-state index in [1.54, 1.807) is 14.2 Å². The van der Waals surface area contributed by atoms with Crippen molar-refractivity contribution in [1.29, 1.82) is 0 Å². The monoisotopic (exact) mass is 422 g/mol. The molecule has 1 aliphatic carbocycles. The van der Waals surface area contributed by atoms with Crippen LogP contribution in [0.15, 0.2) is 53.7 Å². The maximum absolute atomic E-state index is 13.3. The normalized spacial score (nSPS) is 18.4. The molecular weight excluding hydrogens is 392 g/mol. The molecule has 1 heterocycles. The number of oxime groups is 1. The minimum absolute atomic E-state index is 0.119. The Morgan fingerprint density at radius 1 is 1.06 bits per heavy atom. The van der Waals surface area contributed by atoms with E-state index in [1.807, 2.05) is 53.4 Å². The Balaban J connectivity index is 1.44. The second-order valence-electron chi connectivity index (χ2n) is 8.25. The van der Waals surface area contributed by atoms with Crippen molar-refractivity contribution in [2.45, 2.75) is 44.8 Å². The van der Waals surface area contributed by atoms with Crippen LogP contribution in [0, 0.1) is 5.92 Å². The van der Waals surface area contributed by atoms with Crippen molar-refractivity contribution in [3.63, 3.8) is 0 Å². The second kappa shape index (κ2) is 9.86. The Kier molecular flexibility index (Phi) is 6.75. The van der Waals surface area contributed by atoms with E-state index in [1.165, 1.54) is 0 Å². The molecule has 6 nitrogen and oxygen atoms in total. The fourth-order valence-electron chi connectivity index (χ4n) is 4.38. The first-order chi connectivity index (χ1) is 15.2. The largest absolute Gasteiger partial charge is 0.497 e. The minimum atomic E-state index is -0.145. The van der Waals surface area contributed by atoms with Gasteiger partial charge < -0.3 is 19.2 Å². The molecule has 164 valence electrons. The van der Waals surface area contributed by atoms with Crippen LogP contribution in [-0.2, 0) is 16.2 Å². The summed E-state index contributed by atoms with van der Waals surface area (Å²) in [5.74, 6) is 1.95. The molecule has 0 aromatic heterocycles. The number of amides is 1. The highest BCUT2D eigenvalue weighted by atomic mass is 16.6. The van der Waals surface area contributed by atoms with Crippen LogP contribution in [-0.4, -0.2) is 43.4 Å².